The first kappa shape index (κ1) is 27.1. The molecule has 1 saturated heterocycles. The zero-order valence-electron chi connectivity index (χ0n) is 22.1. The molecule has 2 aromatic rings. The Labute approximate surface area is 222 Å². The second-order valence-corrected chi connectivity index (χ2v) is 10.9. The number of hydrogen-bond donors (Lipinski definition) is 2. The van der Waals surface area contributed by atoms with Crippen LogP contribution in [0.4, 0.5) is 9.18 Å². The van der Waals surface area contributed by atoms with Gasteiger partial charge in [0.25, 0.3) is 5.91 Å². The number of piperidine rings is 1. The van der Waals surface area contributed by atoms with Gasteiger partial charge in [-0.25, -0.2) is 9.18 Å². The van der Waals surface area contributed by atoms with Crippen LogP contribution in [0.15, 0.2) is 42.5 Å². The average Bonchev–Trinajstić information content (AvgIpc) is 3.50. The Morgan fingerprint density at radius 1 is 1.13 bits per heavy atom. The highest BCUT2D eigenvalue weighted by Gasteiger charge is 2.52. The molecule has 0 aromatic heterocycles. The molecule has 4 rings (SSSR count). The third-order valence-electron chi connectivity index (χ3n) is 7.11. The molecular formula is C29H33FN4O4. The van der Waals surface area contributed by atoms with Crippen LogP contribution in [0.1, 0.15) is 56.0 Å². The summed E-state index contributed by atoms with van der Waals surface area (Å²) >= 11 is 0. The van der Waals surface area contributed by atoms with Crippen molar-refractivity contribution in [2.24, 2.45) is 5.92 Å². The van der Waals surface area contributed by atoms with Crippen molar-refractivity contribution in [3.05, 3.63) is 59.4 Å². The lowest BCUT2D eigenvalue weighted by atomic mass is 9.96. The maximum atomic E-state index is 15.0. The number of nitrogens with zero attached hydrogens (tertiary/aromatic N) is 2. The summed E-state index contributed by atoms with van der Waals surface area (Å²) in [6.45, 7) is 5.33. The molecule has 2 aliphatic rings. The minimum atomic E-state index is -0.964. The van der Waals surface area contributed by atoms with Crippen molar-refractivity contribution in [3.63, 3.8) is 0 Å². The summed E-state index contributed by atoms with van der Waals surface area (Å²) in [6.07, 6.45) is 1.84. The normalized spacial score (nSPS) is 20.9. The van der Waals surface area contributed by atoms with Gasteiger partial charge in [0, 0.05) is 25.1 Å². The summed E-state index contributed by atoms with van der Waals surface area (Å²) < 4.78 is 20.6. The molecular weight excluding hydrogens is 487 g/mol. The van der Waals surface area contributed by atoms with Gasteiger partial charge in [0.05, 0.1) is 6.07 Å². The van der Waals surface area contributed by atoms with E-state index in [1.807, 2.05) is 0 Å². The number of rotatable bonds is 6. The van der Waals surface area contributed by atoms with Crippen LogP contribution in [0.2, 0.25) is 0 Å². The number of nitrogens with one attached hydrogen (secondary N) is 2. The summed E-state index contributed by atoms with van der Waals surface area (Å²) in [5.41, 5.74) is 1.47. The first-order valence-corrected chi connectivity index (χ1v) is 12.8. The summed E-state index contributed by atoms with van der Waals surface area (Å²) in [5, 5.41) is 15.0. The van der Waals surface area contributed by atoms with Gasteiger partial charge >= 0.3 is 6.09 Å². The second-order valence-electron chi connectivity index (χ2n) is 10.9. The van der Waals surface area contributed by atoms with E-state index in [1.54, 1.807) is 64.2 Å². The van der Waals surface area contributed by atoms with E-state index in [2.05, 4.69) is 16.7 Å². The molecule has 0 radical (unpaired) electrons. The average molecular weight is 521 g/mol. The molecule has 2 bridgehead atoms. The van der Waals surface area contributed by atoms with E-state index < -0.39 is 35.5 Å². The molecule has 3 amide bonds. The molecule has 0 unspecified atom stereocenters. The molecule has 2 fully saturated rings. The lowest BCUT2D eigenvalue weighted by Crippen LogP contribution is -2.55. The van der Waals surface area contributed by atoms with Gasteiger partial charge in [-0.2, -0.15) is 5.26 Å². The largest absolute Gasteiger partial charge is 0.444 e. The van der Waals surface area contributed by atoms with Gasteiger partial charge in [0.1, 0.15) is 23.5 Å². The van der Waals surface area contributed by atoms with Crippen molar-refractivity contribution in [2.75, 3.05) is 7.05 Å². The summed E-state index contributed by atoms with van der Waals surface area (Å²) in [6, 6.07) is 11.9. The molecule has 38 heavy (non-hydrogen) atoms. The van der Waals surface area contributed by atoms with E-state index in [4.69, 9.17) is 4.74 Å². The minimum absolute atomic E-state index is 0.0117. The van der Waals surface area contributed by atoms with E-state index in [0.717, 1.165) is 24.8 Å². The van der Waals surface area contributed by atoms with Crippen LogP contribution in [-0.4, -0.2) is 53.6 Å². The summed E-state index contributed by atoms with van der Waals surface area (Å²) in [4.78, 5) is 39.4. The van der Waals surface area contributed by atoms with Gasteiger partial charge in [0.2, 0.25) is 5.91 Å². The number of likely N-dealkylation sites (tertiary alicyclic amines) is 1. The summed E-state index contributed by atoms with van der Waals surface area (Å²) in [7, 11) is 1.55. The Kier molecular flexibility index (Phi) is 7.72. The minimum Gasteiger partial charge on any atom is -0.444 e. The van der Waals surface area contributed by atoms with Gasteiger partial charge in [-0.3, -0.25) is 14.5 Å². The second kappa shape index (κ2) is 10.8. The highest BCUT2D eigenvalue weighted by atomic mass is 19.1. The number of hydrogen-bond acceptors (Lipinski definition) is 5. The number of carbonyl (C=O) groups excluding carboxylic acids is 3. The van der Waals surface area contributed by atoms with Crippen LogP contribution < -0.4 is 10.6 Å². The summed E-state index contributed by atoms with van der Waals surface area (Å²) in [5.74, 6) is -1.11. The van der Waals surface area contributed by atoms with Crippen molar-refractivity contribution in [1.82, 2.24) is 15.5 Å². The zero-order chi connectivity index (χ0) is 27.6. The molecule has 0 spiro atoms. The van der Waals surface area contributed by atoms with Gasteiger partial charge in [-0.05, 0) is 80.8 Å². The topological polar surface area (TPSA) is 112 Å². The number of nitriles is 1. The quantitative estimate of drug-likeness (QED) is 0.593. The first-order valence-electron chi connectivity index (χ1n) is 12.8. The molecule has 9 heteroatoms. The number of benzene rings is 2. The highest BCUT2D eigenvalue weighted by molar-refractivity contribution is 5.94. The number of ether oxygens (including phenoxy) is 1. The van der Waals surface area contributed by atoms with Crippen LogP contribution in [0.3, 0.4) is 0 Å². The van der Waals surface area contributed by atoms with Crippen LogP contribution in [0.25, 0.3) is 11.1 Å². The highest BCUT2D eigenvalue weighted by Crippen LogP contribution is 2.43. The molecule has 2 N–H and O–H groups in total. The van der Waals surface area contributed by atoms with Crippen LogP contribution in [0.5, 0.6) is 0 Å². The Morgan fingerprint density at radius 3 is 2.42 bits per heavy atom. The van der Waals surface area contributed by atoms with Gasteiger partial charge in [-0.15, -0.1) is 0 Å². The van der Waals surface area contributed by atoms with Crippen molar-refractivity contribution >= 4 is 17.9 Å². The van der Waals surface area contributed by atoms with Crippen molar-refractivity contribution in [3.8, 4) is 17.2 Å². The van der Waals surface area contributed by atoms with Crippen LogP contribution in [0, 0.1) is 23.1 Å². The third-order valence-corrected chi connectivity index (χ3v) is 7.11. The fourth-order valence-electron chi connectivity index (χ4n) is 5.36. The molecule has 1 heterocycles. The van der Waals surface area contributed by atoms with Crippen molar-refractivity contribution in [1.29, 1.82) is 5.26 Å². The van der Waals surface area contributed by atoms with Crippen molar-refractivity contribution in [2.45, 2.75) is 70.2 Å². The van der Waals surface area contributed by atoms with E-state index in [1.165, 1.54) is 11.0 Å². The molecule has 1 aliphatic carbocycles. The first-order chi connectivity index (χ1) is 18.0. The van der Waals surface area contributed by atoms with Crippen molar-refractivity contribution < 1.29 is 23.5 Å². The number of carbonyl (C=O) groups is 3. The maximum Gasteiger partial charge on any atom is 0.411 e. The van der Waals surface area contributed by atoms with E-state index >= 15 is 4.39 Å². The lowest BCUT2D eigenvalue weighted by molar-refractivity contribution is -0.128. The van der Waals surface area contributed by atoms with E-state index in [0.29, 0.717) is 16.7 Å². The molecule has 8 nitrogen and oxygen atoms in total. The fraction of sp³-hybridized carbons (Fsp3) is 0.448. The Balaban J connectivity index is 1.44. The molecule has 2 aromatic carbocycles. The fourth-order valence-corrected chi connectivity index (χ4v) is 5.36. The lowest BCUT2D eigenvalue weighted by Gasteiger charge is -2.35. The Morgan fingerprint density at radius 2 is 1.82 bits per heavy atom. The monoisotopic (exact) mass is 520 g/mol. The van der Waals surface area contributed by atoms with E-state index in [-0.39, 0.29) is 24.3 Å². The number of halogens is 1. The standard InChI is InChI=1S/C29H33FN4O4/c1-29(2,3)38-28(37)34-23-12-11-21(14-23)25(34)27(36)33-22(16-31)13-20-10-9-19(15-24(20)30)17-5-7-18(8-6-17)26(35)32-4/h5-10,15,21-23,25H,11-14H2,1-4H3,(H,32,35)(H,33,36)/t21-,22-,23+,25-/m0/s1. The number of amides is 3. The predicted octanol–water partition coefficient (Wildman–Crippen LogP) is 4.19. The number of fused-ring (bicyclic) bond motifs is 2. The van der Waals surface area contributed by atoms with E-state index in [9.17, 15) is 19.6 Å². The van der Waals surface area contributed by atoms with Crippen LogP contribution in [-0.2, 0) is 16.0 Å². The van der Waals surface area contributed by atoms with Gasteiger partial charge in [-0.1, -0.05) is 24.3 Å². The molecule has 1 aliphatic heterocycles. The zero-order valence-corrected chi connectivity index (χ0v) is 22.1. The Bertz CT molecular complexity index is 1260. The van der Waals surface area contributed by atoms with Gasteiger partial charge in [0.15, 0.2) is 0 Å². The van der Waals surface area contributed by atoms with Gasteiger partial charge < -0.3 is 15.4 Å². The van der Waals surface area contributed by atoms with Crippen LogP contribution >= 0.6 is 0 Å². The predicted molar refractivity (Wildman–Crippen MR) is 139 cm³/mol. The SMILES string of the molecule is CNC(=O)c1ccc(-c2ccc(C[C@@H](C#N)NC(=O)[C@@H]3[C@H]4CC[C@H](C4)N3C(=O)OC(C)(C)C)c(F)c2)cc1. The molecule has 4 atom stereocenters. The molecule has 200 valence electrons. The Hall–Kier alpha value is -3.93. The third kappa shape index (κ3) is 5.80. The maximum absolute atomic E-state index is 15.0. The smallest absolute Gasteiger partial charge is 0.411 e. The molecule has 1 saturated carbocycles.